The molecule has 1 aliphatic heterocycles. The Morgan fingerprint density at radius 2 is 2.14 bits per heavy atom. The van der Waals surface area contributed by atoms with Crippen molar-refractivity contribution in [1.82, 2.24) is 10.2 Å². The highest BCUT2D eigenvalue weighted by molar-refractivity contribution is 9.11. The molecule has 1 amide bonds. The van der Waals surface area contributed by atoms with Crippen molar-refractivity contribution < 1.29 is 4.79 Å². The fourth-order valence-corrected chi connectivity index (χ4v) is 4.44. The molecule has 0 unspecified atom stereocenters. The van der Waals surface area contributed by atoms with E-state index in [1.807, 2.05) is 0 Å². The van der Waals surface area contributed by atoms with Crippen LogP contribution in [0.2, 0.25) is 0 Å². The zero-order valence-corrected chi connectivity index (χ0v) is 16.4. The maximum absolute atomic E-state index is 12.5. The van der Waals surface area contributed by atoms with E-state index >= 15 is 0 Å². The van der Waals surface area contributed by atoms with Gasteiger partial charge in [-0.15, -0.1) is 23.7 Å². The summed E-state index contributed by atoms with van der Waals surface area (Å²) >= 11 is 5.26. The van der Waals surface area contributed by atoms with Gasteiger partial charge in [0.15, 0.2) is 0 Å². The van der Waals surface area contributed by atoms with Crippen LogP contribution in [0.4, 0.5) is 0 Å². The number of nitrogens with zero attached hydrogens (tertiary/aromatic N) is 1. The highest BCUT2D eigenvalue weighted by atomic mass is 79.9. The summed E-state index contributed by atoms with van der Waals surface area (Å²) in [6.45, 7) is 5.15. The van der Waals surface area contributed by atoms with E-state index in [1.165, 1.54) is 8.66 Å². The minimum atomic E-state index is 0. The van der Waals surface area contributed by atoms with E-state index in [1.54, 1.807) is 11.3 Å². The molecule has 2 heterocycles. The predicted molar refractivity (Wildman–Crippen MR) is 100 cm³/mol. The smallest absolute Gasteiger partial charge is 0.222 e. The molecule has 0 aliphatic carbocycles. The third kappa shape index (κ3) is 6.19. The second-order valence-corrected chi connectivity index (χ2v) is 8.18. The number of hydrogen-bond acceptors (Lipinski definition) is 3. The van der Waals surface area contributed by atoms with Crippen LogP contribution in [0.1, 0.15) is 43.9 Å². The molecule has 0 radical (unpaired) electrons. The number of rotatable bonds is 7. The third-order valence-electron chi connectivity index (χ3n) is 3.98. The molecule has 0 aromatic carbocycles. The normalized spacial score (nSPS) is 15.4. The summed E-state index contributed by atoms with van der Waals surface area (Å²) in [6.07, 6.45) is 5.89. The molecule has 22 heavy (non-hydrogen) atoms. The summed E-state index contributed by atoms with van der Waals surface area (Å²) in [5, 5.41) is 3.38. The SMILES string of the molecule is CCCN(C(=O)CCCc1ccc(Br)s1)C1CCNCC1.Cl. The number of thiophene rings is 1. The van der Waals surface area contributed by atoms with Crippen LogP contribution in [0, 0.1) is 0 Å². The van der Waals surface area contributed by atoms with Crippen LogP contribution >= 0.6 is 39.7 Å². The molecule has 0 atom stereocenters. The molecule has 1 aromatic rings. The molecule has 1 aromatic heterocycles. The Bertz CT molecular complexity index is 449. The van der Waals surface area contributed by atoms with Crippen molar-refractivity contribution >= 4 is 45.6 Å². The number of carbonyl (C=O) groups excluding carboxylic acids is 1. The molecule has 126 valence electrons. The van der Waals surface area contributed by atoms with Crippen molar-refractivity contribution in [2.45, 2.75) is 51.5 Å². The largest absolute Gasteiger partial charge is 0.340 e. The number of amides is 1. The lowest BCUT2D eigenvalue weighted by atomic mass is 10.0. The van der Waals surface area contributed by atoms with Gasteiger partial charge < -0.3 is 10.2 Å². The molecule has 3 nitrogen and oxygen atoms in total. The zero-order valence-electron chi connectivity index (χ0n) is 13.1. The second-order valence-electron chi connectivity index (χ2n) is 5.63. The van der Waals surface area contributed by atoms with Gasteiger partial charge in [0, 0.05) is 23.9 Å². The fourth-order valence-electron chi connectivity index (χ4n) is 2.91. The minimum absolute atomic E-state index is 0. The van der Waals surface area contributed by atoms with Crippen molar-refractivity contribution in [1.29, 1.82) is 0 Å². The van der Waals surface area contributed by atoms with E-state index in [2.05, 4.69) is 45.2 Å². The van der Waals surface area contributed by atoms with Crippen molar-refractivity contribution in [3.8, 4) is 0 Å². The van der Waals surface area contributed by atoms with Crippen LogP contribution in [0.15, 0.2) is 15.9 Å². The van der Waals surface area contributed by atoms with Crippen LogP contribution in [-0.4, -0.2) is 36.5 Å². The summed E-state index contributed by atoms with van der Waals surface area (Å²) in [5.74, 6) is 0.347. The quantitative estimate of drug-likeness (QED) is 0.730. The van der Waals surface area contributed by atoms with E-state index in [0.717, 1.165) is 51.7 Å². The molecule has 1 saturated heterocycles. The maximum atomic E-state index is 12.5. The Morgan fingerprint density at radius 1 is 1.41 bits per heavy atom. The lowest BCUT2D eigenvalue weighted by Crippen LogP contribution is -2.46. The number of nitrogens with one attached hydrogen (secondary N) is 1. The number of carbonyl (C=O) groups is 1. The Labute approximate surface area is 152 Å². The number of piperidine rings is 1. The first-order chi connectivity index (χ1) is 10.2. The Morgan fingerprint density at radius 3 is 2.73 bits per heavy atom. The molecule has 0 saturated carbocycles. The minimum Gasteiger partial charge on any atom is -0.340 e. The van der Waals surface area contributed by atoms with Gasteiger partial charge >= 0.3 is 0 Å². The second kappa shape index (κ2) is 10.6. The van der Waals surface area contributed by atoms with Gasteiger partial charge in [0.25, 0.3) is 0 Å². The molecular formula is C16H26BrClN2OS. The summed E-state index contributed by atoms with van der Waals surface area (Å²) in [7, 11) is 0. The topological polar surface area (TPSA) is 32.3 Å². The number of aryl methyl sites for hydroxylation is 1. The number of hydrogen-bond donors (Lipinski definition) is 1. The fraction of sp³-hybridized carbons (Fsp3) is 0.688. The lowest BCUT2D eigenvalue weighted by Gasteiger charge is -2.34. The van der Waals surface area contributed by atoms with Crippen molar-refractivity contribution in [2.75, 3.05) is 19.6 Å². The summed E-state index contributed by atoms with van der Waals surface area (Å²) in [6, 6.07) is 4.69. The average Bonchev–Trinajstić information content (AvgIpc) is 2.91. The van der Waals surface area contributed by atoms with Crippen LogP contribution < -0.4 is 5.32 Å². The van der Waals surface area contributed by atoms with Crippen molar-refractivity contribution in [2.24, 2.45) is 0 Å². The summed E-state index contributed by atoms with van der Waals surface area (Å²) in [4.78, 5) is 16.0. The first kappa shape index (κ1) is 19.9. The summed E-state index contributed by atoms with van der Waals surface area (Å²) in [5.41, 5.74) is 0. The van der Waals surface area contributed by atoms with Gasteiger partial charge in [-0.2, -0.15) is 0 Å². The van der Waals surface area contributed by atoms with Gasteiger partial charge in [0.2, 0.25) is 5.91 Å². The standard InChI is InChI=1S/C16H25BrN2OS.ClH/c1-2-12-19(13-8-10-18-11-9-13)16(20)5-3-4-14-6-7-15(17)21-14;/h6-7,13,18H,2-5,8-12H2,1H3;1H. The monoisotopic (exact) mass is 408 g/mol. The number of halogens is 2. The van der Waals surface area contributed by atoms with Crippen LogP contribution in [0.3, 0.4) is 0 Å². The van der Waals surface area contributed by atoms with E-state index in [4.69, 9.17) is 0 Å². The molecule has 1 fully saturated rings. The van der Waals surface area contributed by atoms with Gasteiger partial charge in [0.1, 0.15) is 0 Å². The molecule has 2 rings (SSSR count). The molecule has 1 N–H and O–H groups in total. The Kier molecular flexibility index (Phi) is 9.64. The van der Waals surface area contributed by atoms with Crippen LogP contribution in [0.5, 0.6) is 0 Å². The van der Waals surface area contributed by atoms with Gasteiger partial charge in [0.05, 0.1) is 3.79 Å². The Hall–Kier alpha value is -0.100. The molecule has 6 heteroatoms. The summed E-state index contributed by atoms with van der Waals surface area (Å²) < 4.78 is 1.17. The van der Waals surface area contributed by atoms with Gasteiger partial charge in [-0.25, -0.2) is 0 Å². The third-order valence-corrected chi connectivity index (χ3v) is 5.66. The van der Waals surface area contributed by atoms with Crippen LogP contribution in [-0.2, 0) is 11.2 Å². The predicted octanol–water partition coefficient (Wildman–Crippen LogP) is 4.25. The zero-order chi connectivity index (χ0) is 15.1. The van der Waals surface area contributed by atoms with Crippen LogP contribution in [0.25, 0.3) is 0 Å². The molecule has 1 aliphatic rings. The average molecular weight is 410 g/mol. The van der Waals surface area contributed by atoms with E-state index < -0.39 is 0 Å². The molecule has 0 spiro atoms. The van der Waals surface area contributed by atoms with Gasteiger partial charge in [-0.1, -0.05) is 6.92 Å². The van der Waals surface area contributed by atoms with Gasteiger partial charge in [-0.3, -0.25) is 4.79 Å². The van der Waals surface area contributed by atoms with E-state index in [9.17, 15) is 4.79 Å². The van der Waals surface area contributed by atoms with E-state index in [-0.39, 0.29) is 12.4 Å². The molecule has 0 bridgehead atoms. The first-order valence-corrected chi connectivity index (χ1v) is 9.56. The van der Waals surface area contributed by atoms with Crippen molar-refractivity contribution in [3.63, 3.8) is 0 Å². The maximum Gasteiger partial charge on any atom is 0.222 e. The first-order valence-electron chi connectivity index (χ1n) is 7.95. The van der Waals surface area contributed by atoms with Crippen molar-refractivity contribution in [3.05, 3.63) is 20.8 Å². The Balaban J connectivity index is 0.00000242. The highest BCUT2D eigenvalue weighted by Gasteiger charge is 2.24. The lowest BCUT2D eigenvalue weighted by molar-refractivity contribution is -0.134. The highest BCUT2D eigenvalue weighted by Crippen LogP contribution is 2.23. The van der Waals surface area contributed by atoms with Gasteiger partial charge in [-0.05, 0) is 73.3 Å². The molecular weight excluding hydrogens is 384 g/mol. The van der Waals surface area contributed by atoms with E-state index in [0.29, 0.717) is 18.4 Å².